The Hall–Kier alpha value is -2.01. The minimum absolute atomic E-state index is 0.176. The molecule has 0 N–H and O–H groups in total. The first-order chi connectivity index (χ1) is 8.19. The van der Waals surface area contributed by atoms with Gasteiger partial charge in [-0.15, -0.1) is 0 Å². The molecule has 0 aliphatic heterocycles. The molecule has 0 unspecified atom stereocenters. The monoisotopic (exact) mass is 252 g/mol. The van der Waals surface area contributed by atoms with Gasteiger partial charge in [0.2, 0.25) is 6.20 Å². The molecule has 0 spiro atoms. The lowest BCUT2D eigenvalue weighted by Gasteiger charge is -2.06. The quantitative estimate of drug-likeness (QED) is 0.621. The molecule has 0 aliphatic carbocycles. The Morgan fingerprint density at radius 2 is 2.18 bits per heavy atom. The molecule has 5 nitrogen and oxygen atoms in total. The Balaban J connectivity index is 2.24. The van der Waals surface area contributed by atoms with Gasteiger partial charge in [0.05, 0.1) is 17.2 Å². The van der Waals surface area contributed by atoms with Gasteiger partial charge < -0.3 is 14.7 Å². The second kappa shape index (κ2) is 4.88. The van der Waals surface area contributed by atoms with Crippen LogP contribution in [0.2, 0.25) is 5.02 Å². The molecule has 0 saturated heterocycles. The van der Waals surface area contributed by atoms with Gasteiger partial charge in [-0.3, -0.25) is 0 Å². The first kappa shape index (κ1) is 11.5. The maximum atomic E-state index is 10.9. The van der Waals surface area contributed by atoms with Crippen LogP contribution in [0.1, 0.15) is 0 Å². The highest BCUT2D eigenvalue weighted by molar-refractivity contribution is 6.32. The van der Waals surface area contributed by atoms with Crippen LogP contribution in [-0.2, 0) is 0 Å². The summed E-state index contributed by atoms with van der Waals surface area (Å²) < 4.78 is 10.4. The van der Waals surface area contributed by atoms with Gasteiger partial charge in [-0.25, -0.2) is 0 Å². The lowest BCUT2D eigenvalue weighted by Crippen LogP contribution is -2.29. The van der Waals surface area contributed by atoms with E-state index in [4.69, 9.17) is 21.1 Å². The summed E-state index contributed by atoms with van der Waals surface area (Å²) in [5.41, 5.74) is 0. The smallest absolute Gasteiger partial charge is 0.285 e. The highest BCUT2D eigenvalue weighted by Gasteiger charge is 2.07. The molecule has 2 aromatic rings. The fourth-order valence-corrected chi connectivity index (χ4v) is 1.43. The van der Waals surface area contributed by atoms with Crippen molar-refractivity contribution in [2.24, 2.45) is 0 Å². The summed E-state index contributed by atoms with van der Waals surface area (Å²) >= 11 is 5.98. The van der Waals surface area contributed by atoms with Crippen molar-refractivity contribution in [3.8, 4) is 17.4 Å². The van der Waals surface area contributed by atoms with E-state index in [1.807, 2.05) is 0 Å². The van der Waals surface area contributed by atoms with Crippen molar-refractivity contribution in [1.29, 1.82) is 0 Å². The van der Waals surface area contributed by atoms with Gasteiger partial charge >= 0.3 is 0 Å². The van der Waals surface area contributed by atoms with Crippen LogP contribution in [0, 0.1) is 5.21 Å². The van der Waals surface area contributed by atoms with Crippen molar-refractivity contribution < 1.29 is 14.3 Å². The molecule has 2 rings (SSSR count). The number of hydrogen-bond acceptors (Lipinski definition) is 4. The second-order valence-corrected chi connectivity index (χ2v) is 3.55. The standard InChI is InChI=1S/C11H9ClN2O3/c1-16-8-4-5-10(9(12)7-8)17-11-3-2-6-14(15)13-11/h2-7H,1H3. The molecule has 1 aromatic carbocycles. The van der Waals surface area contributed by atoms with E-state index in [-0.39, 0.29) is 5.88 Å². The van der Waals surface area contributed by atoms with Crippen LogP contribution in [-0.4, -0.2) is 12.2 Å². The van der Waals surface area contributed by atoms with Crippen molar-refractivity contribution in [3.63, 3.8) is 0 Å². The molecule has 1 aromatic heterocycles. The van der Waals surface area contributed by atoms with Gasteiger partial charge in [0, 0.05) is 18.2 Å². The molecule has 0 aliphatic rings. The number of rotatable bonds is 3. The number of halogens is 1. The predicted molar refractivity (Wildman–Crippen MR) is 61.3 cm³/mol. The topological polar surface area (TPSA) is 58.3 Å². The van der Waals surface area contributed by atoms with E-state index in [1.165, 1.54) is 12.3 Å². The number of ether oxygens (including phenoxy) is 2. The Morgan fingerprint density at radius 1 is 1.35 bits per heavy atom. The number of nitrogens with zero attached hydrogens (tertiary/aromatic N) is 2. The zero-order valence-corrected chi connectivity index (χ0v) is 9.72. The molecule has 0 bridgehead atoms. The Morgan fingerprint density at radius 3 is 2.82 bits per heavy atom. The molecule has 0 radical (unpaired) electrons. The van der Waals surface area contributed by atoms with Crippen molar-refractivity contribution in [2.45, 2.75) is 0 Å². The zero-order chi connectivity index (χ0) is 12.3. The van der Waals surface area contributed by atoms with E-state index in [0.29, 0.717) is 21.4 Å². The van der Waals surface area contributed by atoms with Gasteiger partial charge in [0.15, 0.2) is 0 Å². The number of hydrogen-bond donors (Lipinski definition) is 0. The van der Waals surface area contributed by atoms with Crippen molar-refractivity contribution in [1.82, 2.24) is 5.10 Å². The van der Waals surface area contributed by atoms with Crippen LogP contribution < -0.4 is 14.3 Å². The normalized spacial score (nSPS) is 10.0. The van der Waals surface area contributed by atoms with Crippen LogP contribution in [0.3, 0.4) is 0 Å². The zero-order valence-electron chi connectivity index (χ0n) is 8.96. The van der Waals surface area contributed by atoms with Crippen molar-refractivity contribution in [2.75, 3.05) is 7.11 Å². The fourth-order valence-electron chi connectivity index (χ4n) is 1.22. The van der Waals surface area contributed by atoms with Gasteiger partial charge in [-0.2, -0.15) is 0 Å². The van der Waals surface area contributed by atoms with E-state index in [2.05, 4.69) is 5.10 Å². The van der Waals surface area contributed by atoms with E-state index in [1.54, 1.807) is 31.4 Å². The Labute approximate surface area is 103 Å². The van der Waals surface area contributed by atoms with Crippen molar-refractivity contribution >= 4 is 11.6 Å². The summed E-state index contributed by atoms with van der Waals surface area (Å²) in [7, 11) is 1.55. The van der Waals surface area contributed by atoms with Crippen LogP contribution in [0.15, 0.2) is 36.5 Å². The average molecular weight is 253 g/mol. The molecule has 0 amide bonds. The maximum absolute atomic E-state index is 10.9. The molecule has 6 heteroatoms. The molecule has 88 valence electrons. The van der Waals surface area contributed by atoms with E-state index in [9.17, 15) is 5.21 Å². The number of benzene rings is 1. The van der Waals surface area contributed by atoms with Gasteiger partial charge in [-0.1, -0.05) is 16.4 Å². The SMILES string of the molecule is COc1ccc(Oc2ccc[n+]([O-])n2)c(Cl)c1. The lowest BCUT2D eigenvalue weighted by molar-refractivity contribution is -0.669. The largest absolute Gasteiger partial charge is 0.594 e. The molecular weight excluding hydrogens is 244 g/mol. The third kappa shape index (κ3) is 2.76. The summed E-state index contributed by atoms with van der Waals surface area (Å²) in [4.78, 5) is 0.409. The van der Waals surface area contributed by atoms with E-state index in [0.717, 1.165) is 0 Å². The van der Waals surface area contributed by atoms with Crippen LogP contribution in [0.4, 0.5) is 0 Å². The fraction of sp³-hybridized carbons (Fsp3) is 0.0909. The lowest BCUT2D eigenvalue weighted by atomic mass is 10.3. The van der Waals surface area contributed by atoms with Gasteiger partial charge in [0.1, 0.15) is 11.5 Å². The molecule has 1 heterocycles. The van der Waals surface area contributed by atoms with E-state index >= 15 is 0 Å². The summed E-state index contributed by atoms with van der Waals surface area (Å²) in [6.45, 7) is 0. The van der Waals surface area contributed by atoms with Crippen molar-refractivity contribution in [3.05, 3.63) is 46.8 Å². The number of methoxy groups -OCH3 is 1. The molecule has 0 saturated carbocycles. The summed E-state index contributed by atoms with van der Waals surface area (Å²) in [6.07, 6.45) is 1.27. The first-order valence-corrected chi connectivity index (χ1v) is 5.15. The third-order valence-electron chi connectivity index (χ3n) is 2.00. The Kier molecular flexibility index (Phi) is 3.30. The summed E-state index contributed by atoms with van der Waals surface area (Å²) in [6, 6.07) is 8.06. The van der Waals surface area contributed by atoms with Crippen LogP contribution in [0.5, 0.6) is 17.4 Å². The molecule has 17 heavy (non-hydrogen) atoms. The molecular formula is C11H9ClN2O3. The van der Waals surface area contributed by atoms with Crippen LogP contribution >= 0.6 is 11.6 Å². The Bertz CT molecular complexity index is 534. The van der Waals surface area contributed by atoms with E-state index < -0.39 is 0 Å². The molecule has 0 atom stereocenters. The third-order valence-corrected chi connectivity index (χ3v) is 2.30. The number of aromatic nitrogens is 2. The second-order valence-electron chi connectivity index (χ2n) is 3.15. The summed E-state index contributed by atoms with van der Waals surface area (Å²) in [5.74, 6) is 1.21. The molecule has 0 fully saturated rings. The van der Waals surface area contributed by atoms with Gasteiger partial charge in [0.25, 0.3) is 5.88 Å². The maximum Gasteiger partial charge on any atom is 0.285 e. The predicted octanol–water partition coefficient (Wildman–Crippen LogP) is 2.17. The minimum atomic E-state index is 0.176. The first-order valence-electron chi connectivity index (χ1n) is 4.77. The van der Waals surface area contributed by atoms with Crippen LogP contribution in [0.25, 0.3) is 0 Å². The van der Waals surface area contributed by atoms with Gasteiger partial charge in [-0.05, 0) is 12.1 Å². The highest BCUT2D eigenvalue weighted by atomic mass is 35.5. The summed E-state index contributed by atoms with van der Waals surface area (Å²) in [5, 5.41) is 14.9. The minimum Gasteiger partial charge on any atom is -0.594 e. The highest BCUT2D eigenvalue weighted by Crippen LogP contribution is 2.31. The average Bonchev–Trinajstić information content (AvgIpc) is 2.32.